The number of nitrogens with zero attached hydrogens (tertiary/aromatic N) is 2. The minimum absolute atomic E-state index is 0.0344. The number of fused-ring (bicyclic) bond motifs is 4. The van der Waals surface area contributed by atoms with Crippen LogP contribution in [-0.4, -0.2) is 42.8 Å². The van der Waals surface area contributed by atoms with E-state index in [4.69, 9.17) is 28.8 Å². The predicted octanol–water partition coefficient (Wildman–Crippen LogP) is 5.14. The molecule has 0 fully saturated rings. The fraction of sp³-hybridized carbons (Fsp3) is 0.231. The van der Waals surface area contributed by atoms with Crippen molar-refractivity contribution in [3.63, 3.8) is 0 Å². The monoisotopic (exact) mass is 552 g/mol. The van der Waals surface area contributed by atoms with Gasteiger partial charge in [0.05, 0.1) is 26.0 Å². The molecule has 6 rings (SSSR count). The quantitative estimate of drug-likeness (QED) is 0.464. The van der Waals surface area contributed by atoms with Crippen molar-refractivity contribution in [1.29, 1.82) is 0 Å². The molecular formula is C26H21BrN2O7. The van der Waals surface area contributed by atoms with Gasteiger partial charge in [-0.2, -0.15) is 5.10 Å². The van der Waals surface area contributed by atoms with Crippen molar-refractivity contribution in [1.82, 2.24) is 5.01 Å². The van der Waals surface area contributed by atoms with Crippen LogP contribution >= 0.6 is 15.9 Å². The highest BCUT2D eigenvalue weighted by Gasteiger charge is 2.43. The van der Waals surface area contributed by atoms with Crippen molar-refractivity contribution in [2.24, 2.45) is 5.10 Å². The Kier molecular flexibility index (Phi) is 5.40. The van der Waals surface area contributed by atoms with Crippen LogP contribution in [0.15, 0.2) is 58.1 Å². The topological polar surface area (TPSA) is 99.1 Å². The van der Waals surface area contributed by atoms with Gasteiger partial charge in [0, 0.05) is 27.6 Å². The summed E-state index contributed by atoms with van der Waals surface area (Å²) in [7, 11) is 2.88. The molecule has 36 heavy (non-hydrogen) atoms. The molecule has 0 aliphatic carbocycles. The van der Waals surface area contributed by atoms with Gasteiger partial charge in [-0.3, -0.25) is 0 Å². The van der Waals surface area contributed by atoms with Gasteiger partial charge >= 0.3 is 5.97 Å². The van der Waals surface area contributed by atoms with Gasteiger partial charge in [0.1, 0.15) is 11.3 Å². The number of hydrogen-bond donors (Lipinski definition) is 1. The summed E-state index contributed by atoms with van der Waals surface area (Å²) < 4.78 is 29.1. The summed E-state index contributed by atoms with van der Waals surface area (Å²) in [5, 5.41) is 16.9. The Bertz CT molecular complexity index is 1420. The van der Waals surface area contributed by atoms with Crippen molar-refractivity contribution >= 4 is 27.6 Å². The van der Waals surface area contributed by atoms with E-state index < -0.39 is 12.2 Å². The van der Waals surface area contributed by atoms with E-state index in [2.05, 4.69) is 15.9 Å². The molecule has 3 aromatic carbocycles. The first-order chi connectivity index (χ1) is 17.5. The first-order valence-corrected chi connectivity index (χ1v) is 12.0. The number of carboxylic acids is 1. The number of methoxy groups -OCH3 is 2. The summed E-state index contributed by atoms with van der Waals surface area (Å²) in [6, 6.07) is 14.7. The molecule has 0 spiro atoms. The number of aromatic carboxylic acids is 1. The first-order valence-electron chi connectivity index (χ1n) is 11.2. The molecule has 3 aliphatic heterocycles. The Balaban J connectivity index is 1.50. The lowest BCUT2D eigenvalue weighted by Crippen LogP contribution is -2.34. The molecule has 3 aliphatic rings. The zero-order chi connectivity index (χ0) is 25.0. The Morgan fingerprint density at radius 3 is 2.61 bits per heavy atom. The Morgan fingerprint density at radius 1 is 1.03 bits per heavy atom. The molecule has 0 saturated carbocycles. The third-order valence-corrected chi connectivity index (χ3v) is 7.01. The van der Waals surface area contributed by atoms with Gasteiger partial charge < -0.3 is 28.8 Å². The highest BCUT2D eigenvalue weighted by Crippen LogP contribution is 2.50. The van der Waals surface area contributed by atoms with Gasteiger partial charge in [-0.25, -0.2) is 9.80 Å². The van der Waals surface area contributed by atoms with E-state index in [9.17, 15) is 9.90 Å². The fourth-order valence-electron chi connectivity index (χ4n) is 4.88. The van der Waals surface area contributed by atoms with E-state index in [1.165, 1.54) is 14.2 Å². The van der Waals surface area contributed by atoms with E-state index in [1.54, 1.807) is 12.1 Å². The maximum Gasteiger partial charge on any atom is 0.340 e. The van der Waals surface area contributed by atoms with Crippen molar-refractivity contribution in [3.8, 4) is 28.7 Å². The average molecular weight is 553 g/mol. The fourth-order valence-corrected chi connectivity index (χ4v) is 5.26. The van der Waals surface area contributed by atoms with Crippen LogP contribution in [0.5, 0.6) is 28.7 Å². The standard InChI is InChI=1S/C26H21BrN2O7/c1-32-21-8-5-15(23(26(30)31)24(21)33-2)25-29-18(16-10-14(27)4-7-19(16)36-25)11-17(28-29)13-3-6-20-22(9-13)35-12-34-20/h3-10,18,25H,11-12H2,1-2H3,(H,30,31)/t18-,25+/m1/s1. The minimum Gasteiger partial charge on any atom is -0.493 e. The second kappa shape index (κ2) is 8.63. The lowest BCUT2D eigenvalue weighted by atomic mass is 9.95. The smallest absolute Gasteiger partial charge is 0.340 e. The molecule has 184 valence electrons. The van der Waals surface area contributed by atoms with Gasteiger partial charge in [-0.15, -0.1) is 0 Å². The number of ether oxygens (including phenoxy) is 5. The highest BCUT2D eigenvalue weighted by molar-refractivity contribution is 9.10. The maximum atomic E-state index is 12.4. The zero-order valence-corrected chi connectivity index (χ0v) is 20.9. The number of benzene rings is 3. The number of halogens is 1. The number of carbonyl (C=O) groups is 1. The van der Waals surface area contributed by atoms with E-state index in [1.807, 2.05) is 41.4 Å². The van der Waals surface area contributed by atoms with Crippen LogP contribution in [0.2, 0.25) is 0 Å². The number of carboxylic acid groups (broad SMARTS) is 1. The zero-order valence-electron chi connectivity index (χ0n) is 19.4. The summed E-state index contributed by atoms with van der Waals surface area (Å²) in [6.45, 7) is 0.189. The lowest BCUT2D eigenvalue weighted by Gasteiger charge is -2.38. The molecule has 0 aromatic heterocycles. The molecule has 9 nitrogen and oxygen atoms in total. The Hall–Kier alpha value is -3.92. The highest BCUT2D eigenvalue weighted by atomic mass is 79.9. The van der Waals surface area contributed by atoms with Gasteiger partial charge in [0.2, 0.25) is 13.0 Å². The molecule has 3 heterocycles. The molecule has 3 aromatic rings. The van der Waals surface area contributed by atoms with Crippen LogP contribution in [0.3, 0.4) is 0 Å². The predicted molar refractivity (Wildman–Crippen MR) is 132 cm³/mol. The van der Waals surface area contributed by atoms with Crippen LogP contribution in [0.4, 0.5) is 0 Å². The molecular weight excluding hydrogens is 532 g/mol. The summed E-state index contributed by atoms with van der Waals surface area (Å²) >= 11 is 3.56. The molecule has 0 saturated heterocycles. The molecule has 0 unspecified atom stereocenters. The van der Waals surface area contributed by atoms with E-state index in [0.29, 0.717) is 35.0 Å². The SMILES string of the molecule is COc1ccc([C@@H]2Oc3ccc(Br)cc3[C@H]3CC(c4ccc5c(c4)OCO5)=NN32)c(C(=O)O)c1OC. The van der Waals surface area contributed by atoms with Crippen molar-refractivity contribution in [3.05, 3.63) is 75.3 Å². The maximum absolute atomic E-state index is 12.4. The summed E-state index contributed by atoms with van der Waals surface area (Å²) in [5.41, 5.74) is 3.06. The number of hydrogen-bond acceptors (Lipinski definition) is 8. The Morgan fingerprint density at radius 2 is 1.83 bits per heavy atom. The molecule has 0 radical (unpaired) electrons. The van der Waals surface area contributed by atoms with Crippen LogP contribution in [0.25, 0.3) is 0 Å². The van der Waals surface area contributed by atoms with E-state index in [0.717, 1.165) is 21.3 Å². The summed E-state index contributed by atoms with van der Waals surface area (Å²) in [4.78, 5) is 12.4. The van der Waals surface area contributed by atoms with Crippen LogP contribution < -0.4 is 23.7 Å². The van der Waals surface area contributed by atoms with Crippen LogP contribution in [-0.2, 0) is 0 Å². The summed E-state index contributed by atoms with van der Waals surface area (Å²) in [6.07, 6.45) is -0.209. The third-order valence-electron chi connectivity index (χ3n) is 6.52. The van der Waals surface area contributed by atoms with Crippen molar-refractivity contribution in [2.75, 3.05) is 21.0 Å². The second-order valence-corrected chi connectivity index (χ2v) is 9.35. The van der Waals surface area contributed by atoms with Gasteiger partial charge in [0.25, 0.3) is 0 Å². The molecule has 2 atom stereocenters. The van der Waals surface area contributed by atoms with Crippen molar-refractivity contribution < 1.29 is 33.6 Å². The van der Waals surface area contributed by atoms with E-state index >= 15 is 0 Å². The third kappa shape index (κ3) is 3.51. The molecule has 1 N–H and O–H groups in total. The normalized spacial score (nSPS) is 19.2. The average Bonchev–Trinajstić information content (AvgIpc) is 3.54. The molecule has 0 amide bonds. The van der Waals surface area contributed by atoms with Gasteiger partial charge in [-0.05, 0) is 48.5 Å². The first kappa shape index (κ1) is 22.5. The minimum atomic E-state index is -1.15. The van der Waals surface area contributed by atoms with Crippen LogP contribution in [0.1, 0.15) is 45.7 Å². The number of rotatable bonds is 5. The summed E-state index contributed by atoms with van der Waals surface area (Å²) in [5.74, 6) is 1.33. The number of hydrazone groups is 1. The molecule has 0 bridgehead atoms. The Labute approximate surface area is 214 Å². The van der Waals surface area contributed by atoms with Gasteiger partial charge in [0.15, 0.2) is 23.0 Å². The van der Waals surface area contributed by atoms with Crippen molar-refractivity contribution in [2.45, 2.75) is 18.7 Å². The van der Waals surface area contributed by atoms with E-state index in [-0.39, 0.29) is 24.1 Å². The lowest BCUT2D eigenvalue weighted by molar-refractivity contribution is -0.0199. The van der Waals surface area contributed by atoms with Crippen LogP contribution in [0, 0.1) is 0 Å². The second-order valence-electron chi connectivity index (χ2n) is 8.44. The molecule has 10 heteroatoms. The largest absolute Gasteiger partial charge is 0.493 e. The van der Waals surface area contributed by atoms with Gasteiger partial charge in [-0.1, -0.05) is 15.9 Å².